The van der Waals surface area contributed by atoms with E-state index in [0.717, 1.165) is 110 Å². The van der Waals surface area contributed by atoms with E-state index in [0.29, 0.717) is 5.71 Å². The van der Waals surface area contributed by atoms with Gasteiger partial charge in [0.15, 0.2) is 0 Å². The highest BCUT2D eigenvalue weighted by Gasteiger charge is 2.16. The maximum absolute atomic E-state index is 6.13. The number of furan rings is 1. The number of para-hydroxylation sites is 1. The van der Waals surface area contributed by atoms with Crippen molar-refractivity contribution in [1.29, 1.82) is 0 Å². The van der Waals surface area contributed by atoms with E-state index in [-0.39, 0.29) is 0 Å². The van der Waals surface area contributed by atoms with Gasteiger partial charge in [-0.05, 0) is 118 Å². The Morgan fingerprint density at radius 2 is 1.03 bits per heavy atom. The highest BCUT2D eigenvalue weighted by Crippen LogP contribution is 2.40. The molecule has 280 valence electrons. The number of rotatable bonds is 6. The fourth-order valence-corrected chi connectivity index (χ4v) is 8.33. The van der Waals surface area contributed by atoms with Crippen LogP contribution < -0.4 is 4.90 Å². The highest BCUT2D eigenvalue weighted by molar-refractivity contribution is 6.04. The quantitative estimate of drug-likeness (QED) is 0.167. The third-order valence-corrected chi connectivity index (χ3v) is 11.4. The van der Waals surface area contributed by atoms with E-state index in [1.807, 2.05) is 55.1 Å². The van der Waals surface area contributed by atoms with Gasteiger partial charge in [-0.3, -0.25) is 19.9 Å². The van der Waals surface area contributed by atoms with Crippen LogP contribution in [0.25, 0.3) is 99.1 Å². The Labute approximate surface area is 343 Å². The lowest BCUT2D eigenvalue weighted by atomic mass is 10.0. The van der Waals surface area contributed by atoms with E-state index < -0.39 is 0 Å². The molecule has 0 amide bonds. The summed E-state index contributed by atoms with van der Waals surface area (Å²) in [7, 11) is 0. The summed E-state index contributed by atoms with van der Waals surface area (Å²) in [5, 5.41) is 9.84. The van der Waals surface area contributed by atoms with Gasteiger partial charge in [0.05, 0.1) is 28.8 Å². The zero-order valence-corrected chi connectivity index (χ0v) is 32.1. The number of hydrogen-bond acceptors (Lipinski definition) is 7. The van der Waals surface area contributed by atoms with Crippen LogP contribution in [-0.4, -0.2) is 24.9 Å². The fourth-order valence-electron chi connectivity index (χ4n) is 8.33. The Balaban J connectivity index is 0.935. The SMILES string of the molecule is c1cnc2cnc(-c3ccc4cc(N(c5ccc(-c6ccc7c(n6)oc6ccccc67)cc5)c5ccc6cc(-c7cc8ccncc8cn7)ccc6c5)ccc4c3)cc2c1. The minimum Gasteiger partial charge on any atom is -0.438 e. The van der Waals surface area contributed by atoms with Gasteiger partial charge in [-0.25, -0.2) is 4.98 Å². The summed E-state index contributed by atoms with van der Waals surface area (Å²) >= 11 is 0. The summed E-state index contributed by atoms with van der Waals surface area (Å²) in [6.45, 7) is 0. The largest absolute Gasteiger partial charge is 0.438 e. The standard InChI is InChI=1S/C53H32N6O/c1-2-6-52-46(5-1)47-19-20-48(58-53(47)60-52)33-11-15-43(16-12-33)59(44-17-13-34-24-40(9-7-36(34)26-44)49-28-38-21-23-54-30-42(38)31-56-49)45-18-14-35-25-41(10-8-37(35)27-45)50-29-39-4-3-22-55-51(39)32-57-50/h1-32H. The smallest absolute Gasteiger partial charge is 0.227 e. The van der Waals surface area contributed by atoms with Crippen LogP contribution >= 0.6 is 0 Å². The Morgan fingerprint density at radius 3 is 1.82 bits per heavy atom. The third kappa shape index (κ3) is 5.87. The summed E-state index contributed by atoms with van der Waals surface area (Å²) in [6, 6.07) is 57.6. The molecule has 60 heavy (non-hydrogen) atoms. The number of benzene rings is 6. The van der Waals surface area contributed by atoms with Gasteiger partial charge in [-0.1, -0.05) is 72.8 Å². The Bertz CT molecular complexity index is 3470. The monoisotopic (exact) mass is 768 g/mol. The van der Waals surface area contributed by atoms with Crippen LogP contribution in [0, 0.1) is 0 Å². The molecule has 0 saturated heterocycles. The topological polar surface area (TPSA) is 80.8 Å². The van der Waals surface area contributed by atoms with Gasteiger partial charge in [-0.15, -0.1) is 0 Å². The molecular weight excluding hydrogens is 737 g/mol. The second kappa shape index (κ2) is 13.7. The van der Waals surface area contributed by atoms with E-state index in [9.17, 15) is 0 Å². The van der Waals surface area contributed by atoms with E-state index in [1.54, 1.807) is 6.20 Å². The Hall–Kier alpha value is -8.29. The number of nitrogens with zero attached hydrogens (tertiary/aromatic N) is 6. The molecule has 0 spiro atoms. The Kier molecular flexibility index (Phi) is 7.71. The maximum atomic E-state index is 6.13. The van der Waals surface area contributed by atoms with Gasteiger partial charge in [-0.2, -0.15) is 0 Å². The lowest BCUT2D eigenvalue weighted by Crippen LogP contribution is -2.10. The molecule has 0 radical (unpaired) electrons. The maximum Gasteiger partial charge on any atom is 0.227 e. The van der Waals surface area contributed by atoms with Gasteiger partial charge in [0, 0.05) is 80.1 Å². The van der Waals surface area contributed by atoms with Crippen molar-refractivity contribution >= 4 is 82.4 Å². The Morgan fingerprint density at radius 1 is 0.383 bits per heavy atom. The summed E-state index contributed by atoms with van der Waals surface area (Å²) in [4.78, 5) is 25.4. The van der Waals surface area contributed by atoms with Gasteiger partial charge in [0.2, 0.25) is 5.71 Å². The molecular formula is C53H32N6O. The molecule has 12 aromatic rings. The molecule has 6 aromatic heterocycles. The lowest BCUT2D eigenvalue weighted by Gasteiger charge is -2.26. The summed E-state index contributed by atoms with van der Waals surface area (Å²) < 4.78 is 6.13. The molecule has 0 aliphatic carbocycles. The van der Waals surface area contributed by atoms with Crippen molar-refractivity contribution in [3.63, 3.8) is 0 Å². The molecule has 7 heteroatoms. The van der Waals surface area contributed by atoms with E-state index in [2.05, 4.69) is 148 Å². The second-order valence-corrected chi connectivity index (χ2v) is 15.1. The number of aromatic nitrogens is 5. The number of hydrogen-bond donors (Lipinski definition) is 0. The summed E-state index contributed by atoms with van der Waals surface area (Å²) in [5.41, 5.74) is 11.3. The van der Waals surface area contributed by atoms with Gasteiger partial charge >= 0.3 is 0 Å². The summed E-state index contributed by atoms with van der Waals surface area (Å²) in [6.07, 6.45) is 9.20. The summed E-state index contributed by atoms with van der Waals surface area (Å²) in [5.74, 6) is 0. The zero-order chi connectivity index (χ0) is 39.6. The predicted molar refractivity (Wildman–Crippen MR) is 244 cm³/mol. The van der Waals surface area contributed by atoms with Crippen molar-refractivity contribution in [2.24, 2.45) is 0 Å². The van der Waals surface area contributed by atoms with E-state index in [1.165, 1.54) is 0 Å². The zero-order valence-electron chi connectivity index (χ0n) is 32.1. The minimum atomic E-state index is 0.639. The first-order valence-electron chi connectivity index (χ1n) is 19.8. The van der Waals surface area contributed by atoms with Gasteiger partial charge in [0.1, 0.15) is 5.58 Å². The van der Waals surface area contributed by atoms with Crippen LogP contribution in [0.1, 0.15) is 0 Å². The number of pyridine rings is 5. The van der Waals surface area contributed by atoms with Crippen LogP contribution in [0.3, 0.4) is 0 Å². The first-order valence-corrected chi connectivity index (χ1v) is 19.8. The molecule has 0 bridgehead atoms. The average Bonchev–Trinajstić information content (AvgIpc) is 3.69. The molecule has 0 N–H and O–H groups in total. The molecule has 0 unspecified atom stereocenters. The fraction of sp³-hybridized carbons (Fsp3) is 0. The van der Waals surface area contributed by atoms with Crippen molar-refractivity contribution in [2.75, 3.05) is 4.90 Å². The van der Waals surface area contributed by atoms with Crippen LogP contribution in [0.2, 0.25) is 0 Å². The molecule has 0 aliphatic rings. The predicted octanol–water partition coefficient (Wildman–Crippen LogP) is 13.6. The lowest BCUT2D eigenvalue weighted by molar-refractivity contribution is 0.654. The van der Waals surface area contributed by atoms with Crippen molar-refractivity contribution in [3.05, 3.63) is 195 Å². The number of anilines is 3. The van der Waals surface area contributed by atoms with Crippen LogP contribution in [0.5, 0.6) is 0 Å². The normalized spacial score (nSPS) is 11.7. The van der Waals surface area contributed by atoms with Crippen LogP contribution in [0.4, 0.5) is 17.1 Å². The molecule has 12 rings (SSSR count). The number of fused-ring (bicyclic) bond motifs is 7. The van der Waals surface area contributed by atoms with Crippen molar-refractivity contribution < 1.29 is 4.42 Å². The highest BCUT2D eigenvalue weighted by atomic mass is 16.3. The van der Waals surface area contributed by atoms with Crippen LogP contribution in [-0.2, 0) is 0 Å². The molecule has 7 nitrogen and oxygen atoms in total. The van der Waals surface area contributed by atoms with E-state index >= 15 is 0 Å². The molecule has 0 aliphatic heterocycles. The second-order valence-electron chi connectivity index (χ2n) is 15.1. The first-order chi connectivity index (χ1) is 29.7. The first kappa shape index (κ1) is 33.8. The van der Waals surface area contributed by atoms with Crippen molar-refractivity contribution in [2.45, 2.75) is 0 Å². The van der Waals surface area contributed by atoms with Gasteiger partial charge < -0.3 is 9.32 Å². The van der Waals surface area contributed by atoms with E-state index in [4.69, 9.17) is 19.4 Å². The van der Waals surface area contributed by atoms with Gasteiger partial charge in [0.25, 0.3) is 0 Å². The molecule has 6 heterocycles. The minimum absolute atomic E-state index is 0.639. The van der Waals surface area contributed by atoms with Crippen molar-refractivity contribution in [1.82, 2.24) is 24.9 Å². The molecule has 0 saturated carbocycles. The van der Waals surface area contributed by atoms with Crippen molar-refractivity contribution in [3.8, 4) is 33.8 Å². The molecule has 6 aromatic carbocycles. The molecule has 0 atom stereocenters. The average molecular weight is 769 g/mol. The third-order valence-electron chi connectivity index (χ3n) is 11.4. The molecule has 0 fully saturated rings. The van der Waals surface area contributed by atoms with Crippen LogP contribution in [0.15, 0.2) is 199 Å².